The van der Waals surface area contributed by atoms with Crippen molar-refractivity contribution in [2.45, 2.75) is 38.0 Å². The predicted molar refractivity (Wildman–Crippen MR) is 97.5 cm³/mol. The van der Waals surface area contributed by atoms with Crippen molar-refractivity contribution in [1.82, 2.24) is 29.1 Å². The van der Waals surface area contributed by atoms with Gasteiger partial charge >= 0.3 is 0 Å². The first-order valence-corrected chi connectivity index (χ1v) is 9.00. The molecule has 4 aromatic heterocycles. The zero-order valence-corrected chi connectivity index (χ0v) is 14.2. The summed E-state index contributed by atoms with van der Waals surface area (Å²) >= 11 is 0. The molecule has 4 aromatic rings. The summed E-state index contributed by atoms with van der Waals surface area (Å²) < 4.78 is 3.22. The molecular weight excluding hydrogens is 328 g/mol. The van der Waals surface area contributed by atoms with Crippen LogP contribution in [0.3, 0.4) is 0 Å². The largest absolute Gasteiger partial charge is 0.268 e. The minimum atomic E-state index is -0.162. The number of fused-ring (bicyclic) bond motifs is 3. The van der Waals surface area contributed by atoms with Crippen LogP contribution in [-0.2, 0) is 0 Å². The zero-order valence-electron chi connectivity index (χ0n) is 14.2. The predicted octanol–water partition coefficient (Wildman–Crippen LogP) is 2.87. The first kappa shape index (κ1) is 15.2. The van der Waals surface area contributed by atoms with E-state index in [-0.39, 0.29) is 5.56 Å². The quantitative estimate of drug-likeness (QED) is 0.558. The average Bonchev–Trinajstić information content (AvgIpc) is 3.14. The lowest BCUT2D eigenvalue weighted by Gasteiger charge is -2.17. The lowest BCUT2D eigenvalue weighted by molar-refractivity contribution is 0.429. The molecule has 1 aliphatic rings. The fourth-order valence-corrected chi connectivity index (χ4v) is 3.75. The van der Waals surface area contributed by atoms with E-state index in [9.17, 15) is 4.79 Å². The normalized spacial score (nSPS) is 15.7. The average molecular weight is 346 g/mol. The molecule has 26 heavy (non-hydrogen) atoms. The molecule has 7 heteroatoms. The van der Waals surface area contributed by atoms with Crippen LogP contribution < -0.4 is 5.56 Å². The maximum atomic E-state index is 12.9. The molecule has 0 unspecified atom stereocenters. The van der Waals surface area contributed by atoms with E-state index in [1.165, 1.54) is 23.8 Å². The summed E-state index contributed by atoms with van der Waals surface area (Å²) in [6.07, 6.45) is 11.0. The molecule has 0 bridgehead atoms. The Morgan fingerprint density at radius 2 is 1.92 bits per heavy atom. The fourth-order valence-electron chi connectivity index (χ4n) is 3.75. The van der Waals surface area contributed by atoms with Gasteiger partial charge < -0.3 is 0 Å². The minimum Gasteiger partial charge on any atom is -0.268 e. The van der Waals surface area contributed by atoms with Gasteiger partial charge in [0, 0.05) is 24.5 Å². The van der Waals surface area contributed by atoms with E-state index in [0.29, 0.717) is 22.9 Å². The van der Waals surface area contributed by atoms with Crippen LogP contribution in [0.25, 0.3) is 22.5 Å². The molecule has 0 spiro atoms. The van der Waals surface area contributed by atoms with Gasteiger partial charge in [-0.1, -0.05) is 25.3 Å². The smallest absolute Gasteiger partial charge is 0.267 e. The molecule has 0 radical (unpaired) electrons. The number of nitrogens with zero attached hydrogens (tertiary/aromatic N) is 6. The lowest BCUT2D eigenvalue weighted by atomic mass is 9.89. The Bertz CT molecular complexity index is 1140. The topological polar surface area (TPSA) is 78.0 Å². The Morgan fingerprint density at radius 3 is 2.73 bits per heavy atom. The maximum absolute atomic E-state index is 12.9. The molecule has 1 saturated carbocycles. The number of pyridine rings is 2. The summed E-state index contributed by atoms with van der Waals surface area (Å²) in [5.74, 6) is 2.38. The van der Waals surface area contributed by atoms with Crippen LogP contribution in [-0.4, -0.2) is 29.1 Å². The molecule has 1 aliphatic carbocycles. The lowest BCUT2D eigenvalue weighted by Crippen LogP contribution is -2.19. The fraction of sp³-hybridized carbons (Fsp3) is 0.316. The minimum absolute atomic E-state index is 0.162. The molecule has 0 atom stereocenters. The van der Waals surface area contributed by atoms with Gasteiger partial charge in [-0.15, -0.1) is 5.10 Å². The Labute approximate surface area is 149 Å². The Kier molecular flexibility index (Phi) is 3.51. The molecule has 130 valence electrons. The van der Waals surface area contributed by atoms with Gasteiger partial charge in [0.15, 0.2) is 5.82 Å². The highest BCUT2D eigenvalue weighted by atomic mass is 16.1. The van der Waals surface area contributed by atoms with Crippen molar-refractivity contribution in [2.75, 3.05) is 0 Å². The third-order valence-electron chi connectivity index (χ3n) is 5.12. The molecule has 1 fully saturated rings. The summed E-state index contributed by atoms with van der Waals surface area (Å²) in [7, 11) is 0. The summed E-state index contributed by atoms with van der Waals surface area (Å²) in [6, 6.07) is 7.35. The molecule has 0 saturated heterocycles. The standard InChI is InChI=1S/C19H18N6O/c26-18-14-12-21-19-22-17(13-6-2-1-3-7-13)23-25(19)15(14)9-11-24(18)16-8-4-5-10-20-16/h4-5,8-13H,1-3,6-7H2. The molecule has 4 heterocycles. The van der Waals surface area contributed by atoms with Gasteiger partial charge in [-0.3, -0.25) is 9.36 Å². The van der Waals surface area contributed by atoms with Crippen molar-refractivity contribution in [2.24, 2.45) is 0 Å². The van der Waals surface area contributed by atoms with E-state index in [4.69, 9.17) is 0 Å². The second-order valence-electron chi connectivity index (χ2n) is 6.75. The van der Waals surface area contributed by atoms with Gasteiger partial charge in [0.25, 0.3) is 11.3 Å². The van der Waals surface area contributed by atoms with Crippen LogP contribution in [0.15, 0.2) is 47.7 Å². The summed E-state index contributed by atoms with van der Waals surface area (Å²) in [4.78, 5) is 26.1. The Balaban J connectivity index is 1.67. The van der Waals surface area contributed by atoms with E-state index in [2.05, 4.69) is 20.1 Å². The number of hydrogen-bond acceptors (Lipinski definition) is 5. The van der Waals surface area contributed by atoms with Crippen LogP contribution in [0.2, 0.25) is 0 Å². The van der Waals surface area contributed by atoms with E-state index < -0.39 is 0 Å². The van der Waals surface area contributed by atoms with E-state index >= 15 is 0 Å². The zero-order chi connectivity index (χ0) is 17.5. The van der Waals surface area contributed by atoms with Crippen molar-refractivity contribution in [1.29, 1.82) is 0 Å². The van der Waals surface area contributed by atoms with Crippen LogP contribution in [0.4, 0.5) is 0 Å². The van der Waals surface area contributed by atoms with Gasteiger partial charge in [-0.2, -0.15) is 9.50 Å². The van der Waals surface area contributed by atoms with Crippen molar-refractivity contribution >= 4 is 16.7 Å². The molecule has 0 aliphatic heterocycles. The molecule has 0 amide bonds. The molecule has 0 N–H and O–H groups in total. The summed E-state index contributed by atoms with van der Waals surface area (Å²) in [5, 5.41) is 5.19. The van der Waals surface area contributed by atoms with Gasteiger partial charge in [0.05, 0.1) is 10.9 Å². The highest BCUT2D eigenvalue weighted by molar-refractivity contribution is 5.78. The van der Waals surface area contributed by atoms with Crippen molar-refractivity contribution < 1.29 is 0 Å². The van der Waals surface area contributed by atoms with Crippen molar-refractivity contribution in [3.8, 4) is 5.82 Å². The van der Waals surface area contributed by atoms with Gasteiger partial charge in [-0.05, 0) is 31.0 Å². The van der Waals surface area contributed by atoms with Crippen LogP contribution >= 0.6 is 0 Å². The highest BCUT2D eigenvalue weighted by Gasteiger charge is 2.21. The third kappa shape index (κ3) is 2.39. The molecule has 0 aromatic carbocycles. The summed E-state index contributed by atoms with van der Waals surface area (Å²) in [5.41, 5.74) is 0.562. The van der Waals surface area contributed by atoms with Crippen molar-refractivity contribution in [3.63, 3.8) is 0 Å². The number of rotatable bonds is 2. The van der Waals surface area contributed by atoms with Gasteiger partial charge in [-0.25, -0.2) is 9.97 Å². The monoisotopic (exact) mass is 346 g/mol. The van der Waals surface area contributed by atoms with E-state index in [1.807, 2.05) is 18.2 Å². The van der Waals surface area contributed by atoms with E-state index in [0.717, 1.165) is 24.2 Å². The Morgan fingerprint density at radius 1 is 1.04 bits per heavy atom. The second kappa shape index (κ2) is 6.01. The molecular formula is C19H18N6O. The Hall–Kier alpha value is -3.09. The van der Waals surface area contributed by atoms with Crippen LogP contribution in [0.1, 0.15) is 43.8 Å². The highest BCUT2D eigenvalue weighted by Crippen LogP contribution is 2.31. The summed E-state index contributed by atoms with van der Waals surface area (Å²) in [6.45, 7) is 0. The second-order valence-corrected chi connectivity index (χ2v) is 6.75. The first-order valence-electron chi connectivity index (χ1n) is 9.00. The van der Waals surface area contributed by atoms with Crippen LogP contribution in [0, 0.1) is 0 Å². The first-order chi connectivity index (χ1) is 12.8. The molecule has 5 rings (SSSR count). The van der Waals surface area contributed by atoms with Gasteiger partial charge in [0.1, 0.15) is 5.82 Å². The van der Waals surface area contributed by atoms with Gasteiger partial charge in [0.2, 0.25) is 0 Å². The molecule has 7 nitrogen and oxygen atoms in total. The SMILES string of the molecule is O=c1c2cnc3nc(C4CCCCC4)nn3c2ccn1-c1ccccn1. The number of hydrogen-bond donors (Lipinski definition) is 0. The third-order valence-corrected chi connectivity index (χ3v) is 5.12. The van der Waals surface area contributed by atoms with E-state index in [1.54, 1.807) is 29.2 Å². The van der Waals surface area contributed by atoms with Crippen molar-refractivity contribution in [3.05, 3.63) is 59.0 Å². The number of aromatic nitrogens is 6. The van der Waals surface area contributed by atoms with Crippen LogP contribution in [0.5, 0.6) is 0 Å². The maximum Gasteiger partial charge on any atom is 0.267 e.